The van der Waals surface area contributed by atoms with Gasteiger partial charge < -0.3 is 15.3 Å². The van der Waals surface area contributed by atoms with Crippen LogP contribution < -0.4 is 10.9 Å². The van der Waals surface area contributed by atoms with Crippen molar-refractivity contribution in [3.63, 3.8) is 0 Å². The fourth-order valence-electron chi connectivity index (χ4n) is 2.89. The van der Waals surface area contributed by atoms with E-state index in [0.717, 1.165) is 13.1 Å². The molecule has 2 aromatic rings. The molecule has 1 aliphatic rings. The lowest BCUT2D eigenvalue weighted by Crippen LogP contribution is -2.39. The lowest BCUT2D eigenvalue weighted by molar-refractivity contribution is 0.109. The summed E-state index contributed by atoms with van der Waals surface area (Å²) in [6, 6.07) is 7.22. The lowest BCUT2D eigenvalue weighted by atomic mass is 10.1. The molecule has 0 spiro atoms. The number of hydrogen-bond donors (Lipinski definition) is 3. The molecule has 0 amide bonds. The maximum atomic E-state index is 12.0. The fourth-order valence-corrected chi connectivity index (χ4v) is 2.89. The Bertz CT molecular complexity index is 679. The Kier molecular flexibility index (Phi) is 4.70. The molecule has 0 bridgehead atoms. The molecule has 1 aromatic carbocycles. The number of β-amino-alcohol motifs (C(OH)–C–C–N with tert-alkyl or cyclic N) is 1. The van der Waals surface area contributed by atoms with Crippen molar-refractivity contribution in [1.82, 2.24) is 14.9 Å². The topological polar surface area (TPSA) is 81.2 Å². The summed E-state index contributed by atoms with van der Waals surface area (Å²) in [5, 5.41) is 13.7. The molecule has 0 unspecified atom stereocenters. The smallest absolute Gasteiger partial charge is 0.260 e. The normalized spacial score (nSPS) is 17.5. The van der Waals surface area contributed by atoms with Crippen LogP contribution in [0.5, 0.6) is 0 Å². The molecule has 3 N–H and O–H groups in total. The van der Waals surface area contributed by atoms with Crippen LogP contribution in [0.25, 0.3) is 10.9 Å². The predicted octanol–water partition coefficient (Wildman–Crippen LogP) is 1.18. The van der Waals surface area contributed by atoms with Crippen LogP contribution in [-0.2, 0) is 0 Å². The minimum atomic E-state index is -0.477. The van der Waals surface area contributed by atoms with Crippen molar-refractivity contribution in [2.45, 2.75) is 25.4 Å². The Morgan fingerprint density at radius 1 is 1.27 bits per heavy atom. The number of para-hydroxylation sites is 1. The van der Waals surface area contributed by atoms with Gasteiger partial charge in [-0.2, -0.15) is 0 Å². The van der Waals surface area contributed by atoms with E-state index >= 15 is 0 Å². The zero-order valence-corrected chi connectivity index (χ0v) is 12.6. The molecule has 1 atom stereocenters. The first-order chi connectivity index (χ1) is 10.7. The molecular formula is C16H22N4O2. The second-order valence-corrected chi connectivity index (χ2v) is 5.83. The molecule has 1 saturated heterocycles. The molecule has 6 heteroatoms. The lowest BCUT2D eigenvalue weighted by Gasteiger charge is -2.28. The number of nitrogens with one attached hydrogen (secondary N) is 2. The van der Waals surface area contributed by atoms with E-state index in [0.29, 0.717) is 29.9 Å². The Labute approximate surface area is 129 Å². The van der Waals surface area contributed by atoms with Gasteiger partial charge in [0.2, 0.25) is 5.95 Å². The third-order valence-corrected chi connectivity index (χ3v) is 4.04. The molecule has 2 heterocycles. The van der Waals surface area contributed by atoms with Crippen molar-refractivity contribution in [1.29, 1.82) is 0 Å². The van der Waals surface area contributed by atoms with E-state index in [1.54, 1.807) is 12.1 Å². The Morgan fingerprint density at radius 2 is 2.05 bits per heavy atom. The summed E-state index contributed by atoms with van der Waals surface area (Å²) >= 11 is 0. The summed E-state index contributed by atoms with van der Waals surface area (Å²) in [6.07, 6.45) is 3.22. The Hall–Kier alpha value is -1.92. The average Bonchev–Trinajstić information content (AvgIpc) is 2.54. The summed E-state index contributed by atoms with van der Waals surface area (Å²) in [6.45, 7) is 3.15. The summed E-state index contributed by atoms with van der Waals surface area (Å²) in [7, 11) is 0. The van der Waals surface area contributed by atoms with Crippen LogP contribution in [0.3, 0.4) is 0 Å². The first-order valence-corrected chi connectivity index (χ1v) is 7.86. The number of benzene rings is 1. The highest BCUT2D eigenvalue weighted by molar-refractivity contribution is 5.78. The van der Waals surface area contributed by atoms with Crippen molar-refractivity contribution in [2.75, 3.05) is 31.5 Å². The zero-order valence-electron chi connectivity index (χ0n) is 12.6. The maximum Gasteiger partial charge on any atom is 0.260 e. The monoisotopic (exact) mass is 302 g/mol. The van der Waals surface area contributed by atoms with Gasteiger partial charge in [0.25, 0.3) is 5.56 Å². The Balaban J connectivity index is 1.60. The second-order valence-electron chi connectivity index (χ2n) is 5.83. The number of aliphatic hydroxyl groups is 1. The van der Waals surface area contributed by atoms with Gasteiger partial charge in [0.05, 0.1) is 17.0 Å². The number of aromatic nitrogens is 2. The van der Waals surface area contributed by atoms with Crippen molar-refractivity contribution in [3.8, 4) is 0 Å². The SMILES string of the molecule is O=c1[nH]c(NC[C@@H](O)CN2CCCCC2)nc2ccccc12. The number of aromatic amines is 1. The summed E-state index contributed by atoms with van der Waals surface area (Å²) in [5.74, 6) is 0.404. The number of hydrogen-bond acceptors (Lipinski definition) is 5. The first-order valence-electron chi connectivity index (χ1n) is 7.86. The number of rotatable bonds is 5. The third-order valence-electron chi connectivity index (χ3n) is 4.04. The summed E-state index contributed by atoms with van der Waals surface area (Å²) < 4.78 is 0. The molecule has 0 saturated carbocycles. The molecule has 0 radical (unpaired) electrons. The minimum absolute atomic E-state index is 0.168. The van der Waals surface area contributed by atoms with Crippen molar-refractivity contribution in [3.05, 3.63) is 34.6 Å². The zero-order chi connectivity index (χ0) is 15.4. The molecule has 3 rings (SSSR count). The highest BCUT2D eigenvalue weighted by Gasteiger charge is 2.14. The number of fused-ring (bicyclic) bond motifs is 1. The van der Waals surface area contributed by atoms with Crippen LogP contribution in [0.4, 0.5) is 5.95 Å². The van der Waals surface area contributed by atoms with Gasteiger partial charge in [-0.25, -0.2) is 4.98 Å². The molecule has 118 valence electrons. The number of anilines is 1. The van der Waals surface area contributed by atoms with Crippen LogP contribution in [0.1, 0.15) is 19.3 Å². The van der Waals surface area contributed by atoms with Gasteiger partial charge in [-0.3, -0.25) is 9.78 Å². The standard InChI is InChI=1S/C16H22N4O2/c21-12(11-20-8-4-1-5-9-20)10-17-16-18-14-7-3-2-6-13(14)15(22)19-16/h2-3,6-7,12,21H,1,4-5,8-11H2,(H2,17,18,19,22)/t12-/m1/s1. The first kappa shape index (κ1) is 15.0. The second kappa shape index (κ2) is 6.89. The number of aliphatic hydroxyl groups excluding tert-OH is 1. The van der Waals surface area contributed by atoms with E-state index in [-0.39, 0.29) is 5.56 Å². The molecular weight excluding hydrogens is 280 g/mol. The van der Waals surface area contributed by atoms with Crippen molar-refractivity contribution >= 4 is 16.9 Å². The van der Waals surface area contributed by atoms with Crippen LogP contribution >= 0.6 is 0 Å². The van der Waals surface area contributed by atoms with E-state index in [2.05, 4.69) is 20.2 Å². The third kappa shape index (κ3) is 3.64. The molecule has 0 aliphatic carbocycles. The summed E-state index contributed by atoms with van der Waals surface area (Å²) in [5.41, 5.74) is 0.484. The van der Waals surface area contributed by atoms with Gasteiger partial charge in [0.1, 0.15) is 0 Å². The van der Waals surface area contributed by atoms with E-state index in [1.807, 2.05) is 12.1 Å². The maximum absolute atomic E-state index is 12.0. The Morgan fingerprint density at radius 3 is 2.86 bits per heavy atom. The predicted molar refractivity (Wildman–Crippen MR) is 87.2 cm³/mol. The largest absolute Gasteiger partial charge is 0.390 e. The molecule has 1 fully saturated rings. The highest BCUT2D eigenvalue weighted by atomic mass is 16.3. The number of piperidine rings is 1. The quantitative estimate of drug-likeness (QED) is 0.773. The van der Waals surface area contributed by atoms with Gasteiger partial charge in [0, 0.05) is 13.1 Å². The van der Waals surface area contributed by atoms with Crippen molar-refractivity contribution < 1.29 is 5.11 Å². The van der Waals surface area contributed by atoms with Crippen molar-refractivity contribution in [2.24, 2.45) is 0 Å². The van der Waals surface area contributed by atoms with E-state index in [1.165, 1.54) is 19.3 Å². The number of likely N-dealkylation sites (tertiary alicyclic amines) is 1. The average molecular weight is 302 g/mol. The van der Waals surface area contributed by atoms with Gasteiger partial charge in [0.15, 0.2) is 0 Å². The molecule has 6 nitrogen and oxygen atoms in total. The van der Waals surface area contributed by atoms with E-state index in [4.69, 9.17) is 0 Å². The van der Waals surface area contributed by atoms with Crippen LogP contribution in [0.2, 0.25) is 0 Å². The van der Waals surface area contributed by atoms with Gasteiger partial charge >= 0.3 is 0 Å². The van der Waals surface area contributed by atoms with Crippen LogP contribution in [0, 0.1) is 0 Å². The summed E-state index contributed by atoms with van der Waals surface area (Å²) in [4.78, 5) is 21.3. The molecule has 1 aliphatic heterocycles. The van der Waals surface area contributed by atoms with Gasteiger partial charge in [-0.1, -0.05) is 18.6 Å². The van der Waals surface area contributed by atoms with E-state index in [9.17, 15) is 9.90 Å². The van der Waals surface area contributed by atoms with Crippen LogP contribution in [0.15, 0.2) is 29.1 Å². The van der Waals surface area contributed by atoms with E-state index < -0.39 is 6.10 Å². The molecule has 22 heavy (non-hydrogen) atoms. The number of H-pyrrole nitrogens is 1. The highest BCUT2D eigenvalue weighted by Crippen LogP contribution is 2.10. The fraction of sp³-hybridized carbons (Fsp3) is 0.500. The van der Waals surface area contributed by atoms with Crippen LogP contribution in [-0.4, -0.2) is 52.3 Å². The van der Waals surface area contributed by atoms with Gasteiger partial charge in [-0.15, -0.1) is 0 Å². The van der Waals surface area contributed by atoms with Gasteiger partial charge in [-0.05, 0) is 38.1 Å². The number of nitrogens with zero attached hydrogens (tertiary/aromatic N) is 2. The molecule has 1 aromatic heterocycles. The minimum Gasteiger partial charge on any atom is -0.390 e.